The summed E-state index contributed by atoms with van der Waals surface area (Å²) in [6.07, 6.45) is 3.35. The Morgan fingerprint density at radius 3 is 2.50 bits per heavy atom. The molecule has 3 nitrogen and oxygen atoms in total. The second kappa shape index (κ2) is 4.45. The number of carbonyl (C=O) groups is 1. The maximum Gasteiger partial charge on any atom is 0.224 e. The first kappa shape index (κ1) is 9.52. The predicted octanol–water partition coefficient (Wildman–Crippen LogP) is 1.11. The highest BCUT2D eigenvalue weighted by Gasteiger charge is 2.18. The molecule has 0 aromatic heterocycles. The van der Waals surface area contributed by atoms with Gasteiger partial charge in [0, 0.05) is 19.6 Å². The smallest absolute Gasteiger partial charge is 0.224 e. The molecule has 12 heavy (non-hydrogen) atoms. The molecule has 3 heteroatoms. The minimum absolute atomic E-state index is 0.790. The van der Waals surface area contributed by atoms with E-state index < -0.39 is 0 Å². The fourth-order valence-corrected chi connectivity index (χ4v) is 1.59. The van der Waals surface area contributed by atoms with Gasteiger partial charge in [-0.1, -0.05) is 6.92 Å². The molecular formula is C9H18N2O. The van der Waals surface area contributed by atoms with E-state index >= 15 is 0 Å². The summed E-state index contributed by atoms with van der Waals surface area (Å²) in [4.78, 5) is 10.6. The fraction of sp³-hybridized carbons (Fsp3) is 0.889. The number of carbonyl (C=O) groups excluding carboxylic acids is 1. The van der Waals surface area contributed by atoms with Crippen LogP contribution in [-0.2, 0) is 4.79 Å². The SMILES string of the molecule is CCN(C=O)N1CCC(C)CC1. The number of hydrazine groups is 1. The van der Waals surface area contributed by atoms with Crippen molar-refractivity contribution in [2.24, 2.45) is 5.92 Å². The fourth-order valence-electron chi connectivity index (χ4n) is 1.59. The van der Waals surface area contributed by atoms with E-state index in [1.807, 2.05) is 6.92 Å². The lowest BCUT2D eigenvalue weighted by atomic mass is 10.0. The summed E-state index contributed by atoms with van der Waals surface area (Å²) in [6, 6.07) is 0. The summed E-state index contributed by atoms with van der Waals surface area (Å²) >= 11 is 0. The Kier molecular flexibility index (Phi) is 3.53. The molecule has 1 saturated heterocycles. The van der Waals surface area contributed by atoms with Crippen LogP contribution in [0, 0.1) is 5.92 Å². The largest absolute Gasteiger partial charge is 0.278 e. The van der Waals surface area contributed by atoms with Gasteiger partial charge in [0.2, 0.25) is 6.41 Å². The van der Waals surface area contributed by atoms with Gasteiger partial charge in [-0.25, -0.2) is 5.01 Å². The quantitative estimate of drug-likeness (QED) is 0.592. The van der Waals surface area contributed by atoms with Gasteiger partial charge < -0.3 is 0 Å². The van der Waals surface area contributed by atoms with Crippen molar-refractivity contribution in [2.75, 3.05) is 19.6 Å². The van der Waals surface area contributed by atoms with Gasteiger partial charge in [0.25, 0.3) is 0 Å². The van der Waals surface area contributed by atoms with Crippen molar-refractivity contribution in [1.29, 1.82) is 0 Å². The van der Waals surface area contributed by atoms with Gasteiger partial charge in [0.05, 0.1) is 0 Å². The van der Waals surface area contributed by atoms with Gasteiger partial charge in [-0.05, 0) is 25.7 Å². The molecule has 0 atom stereocenters. The highest BCUT2D eigenvalue weighted by Crippen LogP contribution is 2.16. The molecule has 70 valence electrons. The number of nitrogens with zero attached hydrogens (tertiary/aromatic N) is 2. The molecule has 0 aromatic carbocycles. The zero-order valence-electron chi connectivity index (χ0n) is 7.99. The van der Waals surface area contributed by atoms with Crippen molar-refractivity contribution in [3.8, 4) is 0 Å². The Morgan fingerprint density at radius 1 is 1.50 bits per heavy atom. The summed E-state index contributed by atoms with van der Waals surface area (Å²) in [5.74, 6) is 0.826. The normalized spacial score (nSPS) is 20.8. The molecule has 0 unspecified atom stereocenters. The molecule has 0 aromatic rings. The molecule has 0 spiro atoms. The molecular weight excluding hydrogens is 152 g/mol. The lowest BCUT2D eigenvalue weighted by Crippen LogP contribution is -2.45. The van der Waals surface area contributed by atoms with Crippen molar-refractivity contribution >= 4 is 6.41 Å². The van der Waals surface area contributed by atoms with Gasteiger partial charge in [-0.3, -0.25) is 9.80 Å². The Balaban J connectivity index is 2.37. The van der Waals surface area contributed by atoms with Crippen LogP contribution >= 0.6 is 0 Å². The lowest BCUT2D eigenvalue weighted by molar-refractivity contribution is -0.136. The molecule has 1 rings (SSSR count). The third-order valence-electron chi connectivity index (χ3n) is 2.57. The van der Waals surface area contributed by atoms with Crippen LogP contribution in [0.2, 0.25) is 0 Å². The average molecular weight is 170 g/mol. The van der Waals surface area contributed by atoms with Crippen LogP contribution in [0.25, 0.3) is 0 Å². The Bertz CT molecular complexity index is 141. The van der Waals surface area contributed by atoms with Crippen molar-refractivity contribution < 1.29 is 4.79 Å². The molecule has 1 fully saturated rings. The first-order valence-corrected chi connectivity index (χ1v) is 4.74. The number of rotatable bonds is 3. The van der Waals surface area contributed by atoms with Gasteiger partial charge >= 0.3 is 0 Å². The van der Waals surface area contributed by atoms with E-state index in [2.05, 4.69) is 11.9 Å². The third-order valence-corrected chi connectivity index (χ3v) is 2.57. The number of amides is 1. The molecule has 1 aliphatic heterocycles. The molecule has 1 aliphatic rings. The zero-order chi connectivity index (χ0) is 8.97. The van der Waals surface area contributed by atoms with Crippen LogP contribution in [0.4, 0.5) is 0 Å². The molecule has 0 bridgehead atoms. The highest BCUT2D eigenvalue weighted by molar-refractivity contribution is 5.45. The van der Waals surface area contributed by atoms with Crippen LogP contribution < -0.4 is 0 Å². The zero-order valence-corrected chi connectivity index (χ0v) is 7.99. The van der Waals surface area contributed by atoms with Crippen LogP contribution in [0.5, 0.6) is 0 Å². The predicted molar refractivity (Wildman–Crippen MR) is 48.4 cm³/mol. The van der Waals surface area contributed by atoms with E-state index in [4.69, 9.17) is 0 Å². The number of piperidine rings is 1. The first-order valence-electron chi connectivity index (χ1n) is 4.74. The maximum absolute atomic E-state index is 10.6. The minimum atomic E-state index is 0.790. The van der Waals surface area contributed by atoms with Gasteiger partial charge in [-0.15, -0.1) is 0 Å². The van der Waals surface area contributed by atoms with E-state index in [9.17, 15) is 4.79 Å². The molecule has 0 N–H and O–H groups in total. The molecule has 0 aliphatic carbocycles. The number of hydrogen-bond donors (Lipinski definition) is 0. The Labute approximate surface area is 74.3 Å². The minimum Gasteiger partial charge on any atom is -0.278 e. The van der Waals surface area contributed by atoms with E-state index in [0.717, 1.165) is 32.0 Å². The van der Waals surface area contributed by atoms with E-state index in [1.165, 1.54) is 12.8 Å². The summed E-state index contributed by atoms with van der Waals surface area (Å²) in [6.45, 7) is 7.14. The lowest BCUT2D eigenvalue weighted by Gasteiger charge is -2.36. The van der Waals surface area contributed by atoms with Gasteiger partial charge in [0.15, 0.2) is 0 Å². The van der Waals surface area contributed by atoms with Crippen molar-refractivity contribution in [1.82, 2.24) is 10.0 Å². The van der Waals surface area contributed by atoms with Crippen LogP contribution in [0.15, 0.2) is 0 Å². The summed E-state index contributed by atoms with van der Waals surface area (Å²) in [5.41, 5.74) is 0. The highest BCUT2D eigenvalue weighted by atomic mass is 16.1. The van der Waals surface area contributed by atoms with Crippen LogP contribution in [0.1, 0.15) is 26.7 Å². The third kappa shape index (κ3) is 2.21. The van der Waals surface area contributed by atoms with E-state index in [-0.39, 0.29) is 0 Å². The van der Waals surface area contributed by atoms with Crippen molar-refractivity contribution in [2.45, 2.75) is 26.7 Å². The van der Waals surface area contributed by atoms with Crippen LogP contribution in [-0.4, -0.2) is 36.1 Å². The molecule has 1 heterocycles. The summed E-state index contributed by atoms with van der Waals surface area (Å²) in [5, 5.41) is 3.92. The summed E-state index contributed by atoms with van der Waals surface area (Å²) in [7, 11) is 0. The molecule has 0 radical (unpaired) electrons. The Hall–Kier alpha value is -0.570. The van der Waals surface area contributed by atoms with Gasteiger partial charge in [0.1, 0.15) is 0 Å². The van der Waals surface area contributed by atoms with Crippen molar-refractivity contribution in [3.63, 3.8) is 0 Å². The van der Waals surface area contributed by atoms with E-state index in [1.54, 1.807) is 5.01 Å². The topological polar surface area (TPSA) is 23.6 Å². The van der Waals surface area contributed by atoms with Crippen LogP contribution in [0.3, 0.4) is 0 Å². The molecule has 0 saturated carbocycles. The second-order valence-corrected chi connectivity index (χ2v) is 3.50. The average Bonchev–Trinajstić information content (AvgIpc) is 2.10. The van der Waals surface area contributed by atoms with Gasteiger partial charge in [-0.2, -0.15) is 0 Å². The van der Waals surface area contributed by atoms with E-state index in [0.29, 0.717) is 0 Å². The Morgan fingerprint density at radius 2 is 2.08 bits per heavy atom. The monoisotopic (exact) mass is 170 g/mol. The maximum atomic E-state index is 10.6. The first-order chi connectivity index (χ1) is 5.77. The standard InChI is InChI=1S/C9H18N2O/c1-3-10(8-12)11-6-4-9(2)5-7-11/h8-9H,3-7H2,1-2H3. The molecule has 1 amide bonds. The number of hydrogen-bond acceptors (Lipinski definition) is 2. The summed E-state index contributed by atoms with van der Waals surface area (Å²) < 4.78 is 0. The van der Waals surface area contributed by atoms with Crippen molar-refractivity contribution in [3.05, 3.63) is 0 Å². The second-order valence-electron chi connectivity index (χ2n) is 3.50.